The van der Waals surface area contributed by atoms with Gasteiger partial charge in [-0.25, -0.2) is 4.98 Å². The molecule has 0 aliphatic carbocycles. The molecule has 2 aromatic rings. The molecule has 0 bridgehead atoms. The van der Waals surface area contributed by atoms with Gasteiger partial charge in [-0.1, -0.05) is 26.0 Å². The number of aliphatic imine (C=N–C) groups is 1. The van der Waals surface area contributed by atoms with Gasteiger partial charge in [-0.15, -0.1) is 24.0 Å². The number of halogens is 1. The Bertz CT molecular complexity index is 723. The fourth-order valence-corrected chi connectivity index (χ4v) is 2.72. The average Bonchev–Trinajstić information content (AvgIpc) is 3.04. The molecule has 29 heavy (non-hydrogen) atoms. The van der Waals surface area contributed by atoms with E-state index in [0.717, 1.165) is 42.4 Å². The Morgan fingerprint density at radius 3 is 2.31 bits per heavy atom. The van der Waals surface area contributed by atoms with Crippen molar-refractivity contribution in [3.63, 3.8) is 0 Å². The Labute approximate surface area is 191 Å². The van der Waals surface area contributed by atoms with Crippen LogP contribution in [0.4, 0.5) is 0 Å². The molecule has 7 nitrogen and oxygen atoms in total. The van der Waals surface area contributed by atoms with E-state index in [2.05, 4.69) is 51.5 Å². The smallest absolute Gasteiger partial charge is 0.214 e. The molecule has 0 saturated carbocycles. The fourth-order valence-electron chi connectivity index (χ4n) is 2.72. The lowest BCUT2D eigenvalue weighted by Crippen LogP contribution is -2.36. The van der Waals surface area contributed by atoms with E-state index >= 15 is 0 Å². The van der Waals surface area contributed by atoms with Crippen molar-refractivity contribution in [1.82, 2.24) is 20.5 Å². The molecule has 1 aromatic carbocycles. The van der Waals surface area contributed by atoms with Crippen molar-refractivity contribution in [3.8, 4) is 5.75 Å². The molecule has 1 heterocycles. The number of oxazole rings is 1. The second-order valence-corrected chi connectivity index (χ2v) is 6.55. The molecule has 8 heteroatoms. The van der Waals surface area contributed by atoms with Crippen LogP contribution in [0.5, 0.6) is 5.75 Å². The van der Waals surface area contributed by atoms with Crippen LogP contribution in [0.3, 0.4) is 0 Å². The maximum atomic E-state index is 5.83. The van der Waals surface area contributed by atoms with Gasteiger partial charge in [0.2, 0.25) is 5.89 Å². The van der Waals surface area contributed by atoms with Gasteiger partial charge >= 0.3 is 0 Å². The van der Waals surface area contributed by atoms with Crippen LogP contribution in [0.25, 0.3) is 0 Å². The molecule has 0 aliphatic rings. The number of benzene rings is 1. The van der Waals surface area contributed by atoms with Gasteiger partial charge in [0, 0.05) is 20.1 Å². The molecule has 0 amide bonds. The molecule has 0 saturated heterocycles. The highest BCUT2D eigenvalue weighted by Gasteiger charge is 2.06. The number of aromatic nitrogens is 1. The highest BCUT2D eigenvalue weighted by Crippen LogP contribution is 2.12. The minimum absolute atomic E-state index is 0. The van der Waals surface area contributed by atoms with Crippen LogP contribution in [0.1, 0.15) is 36.8 Å². The number of guanidine groups is 1. The summed E-state index contributed by atoms with van der Waals surface area (Å²) in [6.45, 7) is 13.1. The normalized spacial score (nSPS) is 11.3. The SMILES string of the molecule is CCN(CC)CCOc1ccc(CNC(=NC)NCc2nc(C)c(C)o2)cc1.I. The van der Waals surface area contributed by atoms with Gasteiger partial charge in [-0.2, -0.15) is 0 Å². The molecule has 0 fully saturated rings. The van der Waals surface area contributed by atoms with E-state index in [-0.39, 0.29) is 24.0 Å². The third kappa shape index (κ3) is 8.61. The summed E-state index contributed by atoms with van der Waals surface area (Å²) in [5.41, 5.74) is 2.07. The Kier molecular flexibility index (Phi) is 11.7. The molecule has 0 atom stereocenters. The molecular weight excluding hydrogens is 481 g/mol. The summed E-state index contributed by atoms with van der Waals surface area (Å²) >= 11 is 0. The zero-order valence-electron chi connectivity index (χ0n) is 18.1. The Morgan fingerprint density at radius 1 is 1.10 bits per heavy atom. The fraction of sp³-hybridized carbons (Fsp3) is 0.524. The van der Waals surface area contributed by atoms with E-state index in [1.807, 2.05) is 26.0 Å². The van der Waals surface area contributed by atoms with Gasteiger partial charge in [-0.3, -0.25) is 4.99 Å². The van der Waals surface area contributed by atoms with Crippen molar-refractivity contribution in [2.75, 3.05) is 33.3 Å². The van der Waals surface area contributed by atoms with Crippen LogP contribution in [-0.4, -0.2) is 49.1 Å². The summed E-state index contributed by atoms with van der Waals surface area (Å²) < 4.78 is 11.4. The van der Waals surface area contributed by atoms with Crippen LogP contribution in [0.2, 0.25) is 0 Å². The maximum Gasteiger partial charge on any atom is 0.214 e. The van der Waals surface area contributed by atoms with Gasteiger partial charge in [0.25, 0.3) is 0 Å². The van der Waals surface area contributed by atoms with Gasteiger partial charge in [0.1, 0.15) is 18.1 Å². The summed E-state index contributed by atoms with van der Waals surface area (Å²) in [5.74, 6) is 3.10. The van der Waals surface area contributed by atoms with Crippen LogP contribution in [-0.2, 0) is 13.1 Å². The summed E-state index contributed by atoms with van der Waals surface area (Å²) in [6.07, 6.45) is 0. The number of hydrogen-bond acceptors (Lipinski definition) is 5. The molecular formula is C21H34IN5O2. The van der Waals surface area contributed by atoms with Crippen molar-refractivity contribution >= 4 is 29.9 Å². The average molecular weight is 515 g/mol. The van der Waals surface area contributed by atoms with E-state index in [1.165, 1.54) is 0 Å². The number of aryl methyl sites for hydroxylation is 2. The topological polar surface area (TPSA) is 74.9 Å². The first kappa shape index (κ1) is 25.2. The summed E-state index contributed by atoms with van der Waals surface area (Å²) in [4.78, 5) is 10.9. The number of likely N-dealkylation sites (N-methyl/N-ethyl adjacent to an activating group) is 1. The zero-order chi connectivity index (χ0) is 20.4. The van der Waals surface area contributed by atoms with Crippen LogP contribution in [0, 0.1) is 13.8 Å². The predicted octanol–water partition coefficient (Wildman–Crippen LogP) is 3.50. The molecule has 0 aliphatic heterocycles. The van der Waals surface area contributed by atoms with Gasteiger partial charge < -0.3 is 24.7 Å². The second-order valence-electron chi connectivity index (χ2n) is 6.55. The van der Waals surface area contributed by atoms with Crippen molar-refractivity contribution in [3.05, 3.63) is 47.2 Å². The number of rotatable bonds is 10. The molecule has 1 aromatic heterocycles. The Hall–Kier alpha value is -1.81. The molecule has 0 spiro atoms. The van der Waals surface area contributed by atoms with Crippen molar-refractivity contribution in [2.45, 2.75) is 40.8 Å². The van der Waals surface area contributed by atoms with Crippen molar-refractivity contribution in [1.29, 1.82) is 0 Å². The minimum atomic E-state index is 0. The molecule has 0 radical (unpaired) electrons. The first-order chi connectivity index (χ1) is 13.5. The summed E-state index contributed by atoms with van der Waals surface area (Å²) in [5, 5.41) is 6.50. The highest BCUT2D eigenvalue weighted by atomic mass is 127. The lowest BCUT2D eigenvalue weighted by Gasteiger charge is -2.18. The molecule has 2 N–H and O–H groups in total. The van der Waals surface area contributed by atoms with Crippen molar-refractivity contribution < 1.29 is 9.15 Å². The quantitative estimate of drug-likeness (QED) is 0.287. The number of ether oxygens (including phenoxy) is 1. The highest BCUT2D eigenvalue weighted by molar-refractivity contribution is 14.0. The van der Waals surface area contributed by atoms with E-state index in [9.17, 15) is 0 Å². The standard InChI is InChI=1S/C21H33N5O2.HI/c1-6-26(7-2)12-13-27-19-10-8-18(9-11-19)14-23-21(22-5)24-15-20-25-16(3)17(4)28-20;/h8-11H,6-7,12-15H2,1-5H3,(H2,22,23,24);1H. The van der Waals surface area contributed by atoms with Crippen LogP contribution < -0.4 is 15.4 Å². The van der Waals surface area contributed by atoms with E-state index < -0.39 is 0 Å². The second kappa shape index (κ2) is 13.4. The monoisotopic (exact) mass is 515 g/mol. The van der Waals surface area contributed by atoms with Gasteiger partial charge in [0.05, 0.1) is 12.2 Å². The van der Waals surface area contributed by atoms with Crippen molar-refractivity contribution in [2.24, 2.45) is 4.99 Å². The first-order valence-electron chi connectivity index (χ1n) is 9.87. The molecule has 162 valence electrons. The third-order valence-corrected chi connectivity index (χ3v) is 4.66. The Morgan fingerprint density at radius 2 is 1.76 bits per heavy atom. The maximum absolute atomic E-state index is 5.83. The van der Waals surface area contributed by atoms with Crippen LogP contribution in [0.15, 0.2) is 33.7 Å². The lowest BCUT2D eigenvalue weighted by atomic mass is 10.2. The predicted molar refractivity (Wildman–Crippen MR) is 128 cm³/mol. The van der Waals surface area contributed by atoms with Gasteiger partial charge in [0.15, 0.2) is 5.96 Å². The summed E-state index contributed by atoms with van der Waals surface area (Å²) in [6, 6.07) is 8.14. The largest absolute Gasteiger partial charge is 0.492 e. The lowest BCUT2D eigenvalue weighted by molar-refractivity contribution is 0.223. The van der Waals surface area contributed by atoms with E-state index in [0.29, 0.717) is 31.5 Å². The van der Waals surface area contributed by atoms with Crippen LogP contribution >= 0.6 is 24.0 Å². The zero-order valence-corrected chi connectivity index (χ0v) is 20.4. The minimum Gasteiger partial charge on any atom is -0.492 e. The first-order valence-corrected chi connectivity index (χ1v) is 9.87. The Balaban J connectivity index is 0.00000420. The van der Waals surface area contributed by atoms with E-state index in [4.69, 9.17) is 9.15 Å². The summed E-state index contributed by atoms with van der Waals surface area (Å²) in [7, 11) is 1.74. The third-order valence-electron chi connectivity index (χ3n) is 4.66. The van der Waals surface area contributed by atoms with Gasteiger partial charge in [-0.05, 0) is 44.6 Å². The van der Waals surface area contributed by atoms with E-state index in [1.54, 1.807) is 7.05 Å². The number of nitrogens with one attached hydrogen (secondary N) is 2. The number of hydrogen-bond donors (Lipinski definition) is 2. The number of nitrogens with zero attached hydrogens (tertiary/aromatic N) is 3. The molecule has 0 unspecified atom stereocenters. The molecule has 2 rings (SSSR count).